The summed E-state index contributed by atoms with van der Waals surface area (Å²) >= 11 is 8.98. The number of nitrogen functional groups attached to an aromatic ring is 1. The number of halogens is 3. The number of nitrogens with zero attached hydrogens (tertiary/aromatic N) is 1. The van der Waals surface area contributed by atoms with Crippen LogP contribution in [0.2, 0.25) is 5.02 Å². The van der Waals surface area contributed by atoms with Crippen molar-refractivity contribution >= 4 is 33.2 Å². The molecule has 0 spiro atoms. The summed E-state index contributed by atoms with van der Waals surface area (Å²) in [7, 11) is 0. The smallest absolute Gasteiger partial charge is 0.233 e. The maximum absolute atomic E-state index is 13.0. The summed E-state index contributed by atoms with van der Waals surface area (Å²) in [6.45, 7) is 0. The quantitative estimate of drug-likeness (QED) is 0.851. The molecular formula is C11H7BrClFN2O. The van der Waals surface area contributed by atoms with Gasteiger partial charge in [0.25, 0.3) is 0 Å². The maximum atomic E-state index is 13.0. The van der Waals surface area contributed by atoms with Gasteiger partial charge in [-0.25, -0.2) is 9.37 Å². The molecule has 0 radical (unpaired) electrons. The van der Waals surface area contributed by atoms with Crippen molar-refractivity contribution in [3.05, 3.63) is 45.8 Å². The predicted molar refractivity (Wildman–Crippen MR) is 67.8 cm³/mol. The van der Waals surface area contributed by atoms with Crippen molar-refractivity contribution in [1.82, 2.24) is 4.98 Å². The van der Waals surface area contributed by atoms with Crippen LogP contribution in [0.15, 0.2) is 34.9 Å². The molecule has 0 atom stereocenters. The van der Waals surface area contributed by atoms with Gasteiger partial charge in [-0.2, -0.15) is 0 Å². The lowest BCUT2D eigenvalue weighted by atomic mass is 10.3. The average molecular weight is 318 g/mol. The standard InChI is InChI=1S/C11H7BrClFN2O/c12-8-3-6(13)5-16-11(8)17-10-4-7(14)1-2-9(10)15/h1-5H,15H2. The summed E-state index contributed by atoms with van der Waals surface area (Å²) < 4.78 is 19.0. The Morgan fingerprint density at radius 3 is 2.82 bits per heavy atom. The van der Waals surface area contributed by atoms with Crippen LogP contribution in [0, 0.1) is 5.82 Å². The topological polar surface area (TPSA) is 48.1 Å². The number of ether oxygens (including phenoxy) is 1. The number of hydrogen-bond acceptors (Lipinski definition) is 3. The molecule has 1 aromatic carbocycles. The highest BCUT2D eigenvalue weighted by Gasteiger charge is 2.08. The molecule has 0 fully saturated rings. The third-order valence-electron chi connectivity index (χ3n) is 1.96. The van der Waals surface area contributed by atoms with Crippen LogP contribution < -0.4 is 10.5 Å². The van der Waals surface area contributed by atoms with Gasteiger partial charge in [0.2, 0.25) is 5.88 Å². The zero-order chi connectivity index (χ0) is 12.4. The maximum Gasteiger partial charge on any atom is 0.233 e. The summed E-state index contributed by atoms with van der Waals surface area (Å²) in [5.74, 6) is 0.0477. The number of pyridine rings is 1. The first-order valence-electron chi connectivity index (χ1n) is 4.60. The van der Waals surface area contributed by atoms with E-state index >= 15 is 0 Å². The molecule has 0 bridgehead atoms. The second-order valence-corrected chi connectivity index (χ2v) is 4.52. The van der Waals surface area contributed by atoms with E-state index in [0.29, 0.717) is 15.2 Å². The Hall–Kier alpha value is -1.33. The molecule has 0 unspecified atom stereocenters. The molecule has 1 aromatic heterocycles. The summed E-state index contributed by atoms with van der Waals surface area (Å²) in [5, 5.41) is 0.469. The number of rotatable bonds is 2. The molecule has 17 heavy (non-hydrogen) atoms. The zero-order valence-corrected chi connectivity index (χ0v) is 10.8. The van der Waals surface area contributed by atoms with Crippen LogP contribution in [0.4, 0.5) is 10.1 Å². The van der Waals surface area contributed by atoms with Gasteiger partial charge in [-0.15, -0.1) is 0 Å². The van der Waals surface area contributed by atoms with Crippen molar-refractivity contribution in [3.8, 4) is 11.6 Å². The highest BCUT2D eigenvalue weighted by atomic mass is 79.9. The van der Waals surface area contributed by atoms with Crippen LogP contribution in [0.25, 0.3) is 0 Å². The lowest BCUT2D eigenvalue weighted by Crippen LogP contribution is -1.95. The summed E-state index contributed by atoms with van der Waals surface area (Å²) in [6, 6.07) is 5.50. The van der Waals surface area contributed by atoms with Gasteiger partial charge in [0.15, 0.2) is 5.75 Å². The minimum atomic E-state index is -0.431. The lowest BCUT2D eigenvalue weighted by Gasteiger charge is -2.08. The summed E-state index contributed by atoms with van der Waals surface area (Å²) in [4.78, 5) is 3.96. The Bertz CT molecular complexity index is 565. The number of aromatic nitrogens is 1. The predicted octanol–water partition coefficient (Wildman–Crippen LogP) is 4.01. The number of benzene rings is 1. The lowest BCUT2D eigenvalue weighted by molar-refractivity contribution is 0.457. The molecule has 0 aliphatic carbocycles. The normalized spacial score (nSPS) is 10.3. The highest BCUT2D eigenvalue weighted by Crippen LogP contribution is 2.32. The fraction of sp³-hybridized carbons (Fsp3) is 0. The van der Waals surface area contributed by atoms with E-state index in [1.54, 1.807) is 6.07 Å². The fourth-order valence-electron chi connectivity index (χ4n) is 1.18. The molecule has 0 saturated carbocycles. The van der Waals surface area contributed by atoms with Crippen LogP contribution in [-0.2, 0) is 0 Å². The van der Waals surface area contributed by atoms with Crippen LogP contribution in [0.3, 0.4) is 0 Å². The Morgan fingerprint density at radius 2 is 2.12 bits per heavy atom. The molecule has 0 amide bonds. The minimum Gasteiger partial charge on any atom is -0.436 e. The van der Waals surface area contributed by atoms with Crippen molar-refractivity contribution in [1.29, 1.82) is 0 Å². The van der Waals surface area contributed by atoms with E-state index in [1.807, 2.05) is 0 Å². The van der Waals surface area contributed by atoms with E-state index in [4.69, 9.17) is 22.1 Å². The third-order valence-corrected chi connectivity index (χ3v) is 2.73. The van der Waals surface area contributed by atoms with Crippen LogP contribution in [-0.4, -0.2) is 4.98 Å². The number of hydrogen-bond donors (Lipinski definition) is 1. The molecule has 2 aromatic rings. The SMILES string of the molecule is Nc1ccc(F)cc1Oc1ncc(Cl)cc1Br. The molecule has 1 heterocycles. The Labute approximate surface area is 110 Å². The molecule has 3 nitrogen and oxygen atoms in total. The molecule has 88 valence electrons. The first-order chi connectivity index (χ1) is 8.06. The highest BCUT2D eigenvalue weighted by molar-refractivity contribution is 9.10. The van der Waals surface area contributed by atoms with Crippen LogP contribution >= 0.6 is 27.5 Å². The van der Waals surface area contributed by atoms with E-state index in [-0.39, 0.29) is 11.6 Å². The van der Waals surface area contributed by atoms with Gasteiger partial charge in [-0.1, -0.05) is 11.6 Å². The first kappa shape index (κ1) is 12.1. The van der Waals surface area contributed by atoms with E-state index < -0.39 is 5.82 Å². The molecule has 2 rings (SSSR count). The molecule has 6 heteroatoms. The van der Waals surface area contributed by atoms with Crippen molar-refractivity contribution in [2.24, 2.45) is 0 Å². The van der Waals surface area contributed by atoms with E-state index in [1.165, 1.54) is 24.4 Å². The molecule has 0 aliphatic heterocycles. The number of nitrogens with two attached hydrogens (primary N) is 1. The summed E-state index contributed by atoms with van der Waals surface area (Å²) in [6.07, 6.45) is 1.43. The molecule has 0 saturated heterocycles. The van der Waals surface area contributed by atoms with Crippen molar-refractivity contribution in [3.63, 3.8) is 0 Å². The Morgan fingerprint density at radius 1 is 1.35 bits per heavy atom. The second kappa shape index (κ2) is 4.89. The van der Waals surface area contributed by atoms with E-state index in [0.717, 1.165) is 0 Å². The van der Waals surface area contributed by atoms with Gasteiger partial charge >= 0.3 is 0 Å². The van der Waals surface area contributed by atoms with E-state index in [9.17, 15) is 4.39 Å². The fourth-order valence-corrected chi connectivity index (χ4v) is 1.90. The second-order valence-electron chi connectivity index (χ2n) is 3.22. The van der Waals surface area contributed by atoms with Gasteiger partial charge in [0, 0.05) is 12.3 Å². The van der Waals surface area contributed by atoms with Gasteiger partial charge < -0.3 is 10.5 Å². The largest absolute Gasteiger partial charge is 0.436 e. The van der Waals surface area contributed by atoms with Gasteiger partial charge in [-0.05, 0) is 34.1 Å². The number of anilines is 1. The van der Waals surface area contributed by atoms with Crippen molar-refractivity contribution in [2.45, 2.75) is 0 Å². The van der Waals surface area contributed by atoms with Crippen LogP contribution in [0.5, 0.6) is 11.6 Å². The van der Waals surface area contributed by atoms with E-state index in [2.05, 4.69) is 20.9 Å². The van der Waals surface area contributed by atoms with Gasteiger partial charge in [0.05, 0.1) is 15.2 Å². The molecular weight excluding hydrogens is 310 g/mol. The zero-order valence-electron chi connectivity index (χ0n) is 8.45. The van der Waals surface area contributed by atoms with Crippen molar-refractivity contribution < 1.29 is 9.13 Å². The van der Waals surface area contributed by atoms with Gasteiger partial charge in [-0.3, -0.25) is 0 Å². The average Bonchev–Trinajstić information content (AvgIpc) is 2.27. The third kappa shape index (κ3) is 2.87. The van der Waals surface area contributed by atoms with Crippen molar-refractivity contribution in [2.75, 3.05) is 5.73 Å². The Balaban J connectivity index is 2.34. The van der Waals surface area contributed by atoms with Crippen LogP contribution in [0.1, 0.15) is 0 Å². The molecule has 0 aliphatic rings. The monoisotopic (exact) mass is 316 g/mol. The summed E-state index contributed by atoms with van der Waals surface area (Å²) in [5.41, 5.74) is 5.99. The van der Waals surface area contributed by atoms with Gasteiger partial charge in [0.1, 0.15) is 5.82 Å². The Kier molecular flexibility index (Phi) is 3.49. The first-order valence-corrected chi connectivity index (χ1v) is 5.77. The minimum absolute atomic E-state index is 0.209. The molecule has 2 N–H and O–H groups in total.